The van der Waals surface area contributed by atoms with E-state index in [1.165, 1.54) is 12.1 Å². The van der Waals surface area contributed by atoms with Gasteiger partial charge in [-0.1, -0.05) is 12.1 Å². The Bertz CT molecular complexity index is 704. The van der Waals surface area contributed by atoms with Crippen LogP contribution in [0.5, 0.6) is 0 Å². The van der Waals surface area contributed by atoms with Gasteiger partial charge >= 0.3 is 0 Å². The van der Waals surface area contributed by atoms with Gasteiger partial charge in [0.1, 0.15) is 5.82 Å². The van der Waals surface area contributed by atoms with Gasteiger partial charge in [-0.15, -0.1) is 11.3 Å². The number of hydrogen-bond donors (Lipinski definition) is 0. The third-order valence-electron chi connectivity index (χ3n) is 4.90. The quantitative estimate of drug-likeness (QED) is 0.858. The van der Waals surface area contributed by atoms with E-state index in [-0.39, 0.29) is 23.6 Å². The summed E-state index contributed by atoms with van der Waals surface area (Å²) in [6.07, 6.45) is 3.68. The smallest absolute Gasteiger partial charge is 0.226 e. The maximum absolute atomic E-state index is 13.0. The van der Waals surface area contributed by atoms with Crippen LogP contribution in [0, 0.1) is 11.7 Å². The lowest BCUT2D eigenvalue weighted by molar-refractivity contribution is -0.132. The average Bonchev–Trinajstić information content (AvgIpc) is 3.28. The molecule has 1 aliphatic carbocycles. The largest absolute Gasteiger partial charge is 0.346 e. The minimum Gasteiger partial charge on any atom is -0.346 e. The lowest BCUT2D eigenvalue weighted by Crippen LogP contribution is -2.36. The number of carbonyl (C=O) groups is 1. The fourth-order valence-corrected chi connectivity index (χ4v) is 4.18. The lowest BCUT2D eigenvalue weighted by atomic mass is 10.1. The van der Waals surface area contributed by atoms with Gasteiger partial charge in [-0.3, -0.25) is 4.79 Å². The zero-order valence-electron chi connectivity index (χ0n) is 13.4. The van der Waals surface area contributed by atoms with E-state index >= 15 is 0 Å². The number of aromatic nitrogens is 1. The highest BCUT2D eigenvalue weighted by Crippen LogP contribution is 2.48. The van der Waals surface area contributed by atoms with Crippen LogP contribution < -0.4 is 4.90 Å². The summed E-state index contributed by atoms with van der Waals surface area (Å²) in [5.74, 6) is 0.362. The first-order chi connectivity index (χ1) is 11.7. The molecular weight excluding hydrogens is 325 g/mol. The molecule has 6 heteroatoms. The van der Waals surface area contributed by atoms with Crippen molar-refractivity contribution in [3.8, 4) is 0 Å². The monoisotopic (exact) mass is 345 g/mol. The van der Waals surface area contributed by atoms with Crippen molar-refractivity contribution < 1.29 is 9.18 Å². The Labute approximate surface area is 144 Å². The summed E-state index contributed by atoms with van der Waals surface area (Å²) in [6, 6.07) is 6.57. The summed E-state index contributed by atoms with van der Waals surface area (Å²) in [7, 11) is 0. The Morgan fingerprint density at radius 2 is 2.00 bits per heavy atom. The third kappa shape index (κ3) is 3.15. The van der Waals surface area contributed by atoms with Gasteiger partial charge in [0.15, 0.2) is 5.13 Å². The Morgan fingerprint density at radius 1 is 1.17 bits per heavy atom. The SMILES string of the molecule is O=C([C@@H]1C[C@@H]1c1ccc(F)cc1)N1CCCN(c2nccs2)CC1. The van der Waals surface area contributed by atoms with Gasteiger partial charge in [0.2, 0.25) is 5.91 Å². The zero-order chi connectivity index (χ0) is 16.5. The summed E-state index contributed by atoms with van der Waals surface area (Å²) >= 11 is 1.65. The maximum Gasteiger partial charge on any atom is 0.226 e. The third-order valence-corrected chi connectivity index (χ3v) is 5.74. The first-order valence-electron chi connectivity index (χ1n) is 8.41. The molecule has 2 aliphatic rings. The van der Waals surface area contributed by atoms with Crippen molar-refractivity contribution in [2.24, 2.45) is 5.92 Å². The van der Waals surface area contributed by atoms with Crippen LogP contribution in [0.25, 0.3) is 0 Å². The molecule has 1 amide bonds. The fourth-order valence-electron chi connectivity index (χ4n) is 3.48. The molecular formula is C18H20FN3OS. The van der Waals surface area contributed by atoms with Crippen molar-refractivity contribution in [1.82, 2.24) is 9.88 Å². The van der Waals surface area contributed by atoms with Gasteiger partial charge < -0.3 is 9.80 Å². The van der Waals surface area contributed by atoms with Crippen molar-refractivity contribution in [1.29, 1.82) is 0 Å². The van der Waals surface area contributed by atoms with Crippen molar-refractivity contribution in [2.45, 2.75) is 18.8 Å². The molecule has 2 atom stereocenters. The number of amides is 1. The van der Waals surface area contributed by atoms with E-state index < -0.39 is 0 Å². The van der Waals surface area contributed by atoms with E-state index in [0.29, 0.717) is 0 Å². The van der Waals surface area contributed by atoms with Crippen LogP contribution in [0.4, 0.5) is 9.52 Å². The Hall–Kier alpha value is -1.95. The standard InChI is InChI=1S/C18H20FN3OS/c19-14-4-2-13(3-5-14)15-12-16(15)17(23)21-7-1-8-22(10-9-21)18-20-6-11-24-18/h2-6,11,15-16H,1,7-10,12H2/t15-,16-/m1/s1. The average molecular weight is 345 g/mol. The number of halogens is 1. The van der Waals surface area contributed by atoms with E-state index in [1.807, 2.05) is 16.5 Å². The normalized spacial score (nSPS) is 23.9. The molecule has 1 saturated heterocycles. The van der Waals surface area contributed by atoms with E-state index in [4.69, 9.17) is 0 Å². The molecule has 1 aromatic carbocycles. The molecule has 2 heterocycles. The minimum absolute atomic E-state index is 0.0712. The second-order valence-electron chi connectivity index (χ2n) is 6.48. The molecule has 2 aromatic rings. The molecule has 0 bridgehead atoms. The van der Waals surface area contributed by atoms with E-state index in [1.54, 1.807) is 23.5 Å². The summed E-state index contributed by atoms with van der Waals surface area (Å²) in [5, 5.41) is 3.03. The Morgan fingerprint density at radius 3 is 2.75 bits per heavy atom. The highest BCUT2D eigenvalue weighted by Gasteiger charge is 2.45. The summed E-state index contributed by atoms with van der Waals surface area (Å²) < 4.78 is 13.0. The van der Waals surface area contributed by atoms with E-state index in [0.717, 1.165) is 49.7 Å². The number of rotatable bonds is 3. The van der Waals surface area contributed by atoms with Crippen LogP contribution in [0.2, 0.25) is 0 Å². The number of benzene rings is 1. The first-order valence-corrected chi connectivity index (χ1v) is 9.29. The second kappa shape index (κ2) is 6.51. The summed E-state index contributed by atoms with van der Waals surface area (Å²) in [5.41, 5.74) is 1.08. The van der Waals surface area contributed by atoms with E-state index in [2.05, 4.69) is 9.88 Å². The van der Waals surface area contributed by atoms with Gasteiger partial charge in [-0.05, 0) is 36.5 Å². The van der Waals surface area contributed by atoms with Crippen molar-refractivity contribution in [3.05, 3.63) is 47.2 Å². The maximum atomic E-state index is 13.0. The predicted octanol–water partition coefficient (Wildman–Crippen LogP) is 3.12. The van der Waals surface area contributed by atoms with Crippen LogP contribution in [-0.4, -0.2) is 42.0 Å². The van der Waals surface area contributed by atoms with Crippen LogP contribution in [0.15, 0.2) is 35.8 Å². The molecule has 0 radical (unpaired) electrons. The molecule has 4 nitrogen and oxygen atoms in total. The van der Waals surface area contributed by atoms with Gasteiger partial charge in [-0.25, -0.2) is 9.37 Å². The lowest BCUT2D eigenvalue weighted by Gasteiger charge is -2.22. The molecule has 0 spiro atoms. The molecule has 4 rings (SSSR count). The van der Waals surface area contributed by atoms with Crippen LogP contribution in [-0.2, 0) is 4.79 Å². The second-order valence-corrected chi connectivity index (χ2v) is 7.35. The fraction of sp³-hybridized carbons (Fsp3) is 0.444. The van der Waals surface area contributed by atoms with Gasteiger partial charge in [0.05, 0.1) is 0 Å². The highest BCUT2D eigenvalue weighted by atomic mass is 32.1. The van der Waals surface area contributed by atoms with E-state index in [9.17, 15) is 9.18 Å². The number of anilines is 1. The first kappa shape index (κ1) is 15.6. The predicted molar refractivity (Wildman–Crippen MR) is 92.8 cm³/mol. The molecule has 126 valence electrons. The number of carbonyl (C=O) groups excluding carboxylic acids is 1. The number of nitrogens with zero attached hydrogens (tertiary/aromatic N) is 3. The van der Waals surface area contributed by atoms with Crippen molar-refractivity contribution in [3.63, 3.8) is 0 Å². The van der Waals surface area contributed by atoms with Crippen LogP contribution in [0.3, 0.4) is 0 Å². The van der Waals surface area contributed by atoms with Crippen LogP contribution >= 0.6 is 11.3 Å². The molecule has 2 fully saturated rings. The zero-order valence-corrected chi connectivity index (χ0v) is 14.2. The highest BCUT2D eigenvalue weighted by molar-refractivity contribution is 7.13. The summed E-state index contributed by atoms with van der Waals surface area (Å²) in [6.45, 7) is 3.36. The minimum atomic E-state index is -0.225. The number of thiazole rings is 1. The molecule has 1 aliphatic heterocycles. The Kier molecular flexibility index (Phi) is 4.22. The molecule has 1 saturated carbocycles. The summed E-state index contributed by atoms with van der Waals surface area (Å²) in [4.78, 5) is 21.4. The van der Waals surface area contributed by atoms with Crippen LogP contribution in [0.1, 0.15) is 24.3 Å². The topological polar surface area (TPSA) is 36.4 Å². The van der Waals surface area contributed by atoms with Gasteiger partial charge in [0.25, 0.3) is 0 Å². The molecule has 24 heavy (non-hydrogen) atoms. The Balaban J connectivity index is 1.36. The van der Waals surface area contributed by atoms with Crippen molar-refractivity contribution >= 4 is 22.4 Å². The van der Waals surface area contributed by atoms with Crippen molar-refractivity contribution in [2.75, 3.05) is 31.1 Å². The molecule has 0 unspecified atom stereocenters. The molecule has 1 aromatic heterocycles. The van der Waals surface area contributed by atoms with Gasteiger partial charge in [-0.2, -0.15) is 0 Å². The number of hydrogen-bond acceptors (Lipinski definition) is 4. The van der Waals surface area contributed by atoms with Gasteiger partial charge in [0, 0.05) is 43.7 Å². The molecule has 0 N–H and O–H groups in total.